The SMILES string of the molecule is CONC(=O)c1cc2[nH]cnc2c(F)c1Nc1ccc(Cl)cc1C. The molecule has 1 heterocycles. The van der Waals surface area contributed by atoms with Gasteiger partial charge in [0.1, 0.15) is 5.52 Å². The Labute approximate surface area is 141 Å². The molecule has 1 aromatic heterocycles. The minimum absolute atomic E-state index is 0.00886. The number of halogens is 2. The van der Waals surface area contributed by atoms with Crippen LogP contribution in [0.5, 0.6) is 0 Å². The number of hydrogen-bond acceptors (Lipinski definition) is 4. The molecule has 0 spiro atoms. The lowest BCUT2D eigenvalue weighted by Gasteiger charge is -2.15. The molecule has 8 heteroatoms. The molecule has 0 aliphatic carbocycles. The molecule has 6 nitrogen and oxygen atoms in total. The van der Waals surface area contributed by atoms with Crippen molar-refractivity contribution < 1.29 is 14.0 Å². The summed E-state index contributed by atoms with van der Waals surface area (Å²) in [7, 11) is 1.30. The average molecular weight is 349 g/mol. The van der Waals surface area contributed by atoms with E-state index in [2.05, 4.69) is 25.6 Å². The van der Waals surface area contributed by atoms with E-state index in [1.54, 1.807) is 18.2 Å². The van der Waals surface area contributed by atoms with Crippen molar-refractivity contribution in [3.8, 4) is 0 Å². The van der Waals surface area contributed by atoms with Crippen LogP contribution in [-0.4, -0.2) is 23.0 Å². The molecule has 0 fully saturated rings. The molecule has 0 unspecified atom stereocenters. The number of nitrogens with one attached hydrogen (secondary N) is 3. The number of carbonyl (C=O) groups is 1. The highest BCUT2D eigenvalue weighted by atomic mass is 35.5. The van der Waals surface area contributed by atoms with Crippen LogP contribution in [-0.2, 0) is 4.84 Å². The number of amides is 1. The molecule has 0 atom stereocenters. The summed E-state index contributed by atoms with van der Waals surface area (Å²) < 4.78 is 14.9. The summed E-state index contributed by atoms with van der Waals surface area (Å²) in [4.78, 5) is 23.6. The van der Waals surface area contributed by atoms with Crippen molar-refractivity contribution in [2.45, 2.75) is 6.92 Å². The Hall–Kier alpha value is -2.64. The third kappa shape index (κ3) is 2.91. The van der Waals surface area contributed by atoms with Crippen molar-refractivity contribution in [2.24, 2.45) is 0 Å². The molecular weight excluding hydrogens is 335 g/mol. The van der Waals surface area contributed by atoms with Gasteiger partial charge in [-0.05, 0) is 36.8 Å². The van der Waals surface area contributed by atoms with Crippen LogP contribution in [0, 0.1) is 12.7 Å². The fraction of sp³-hybridized carbons (Fsp3) is 0.125. The number of hydroxylamine groups is 1. The molecule has 1 amide bonds. The molecule has 0 aliphatic rings. The zero-order valence-corrected chi connectivity index (χ0v) is 13.7. The number of aryl methyl sites for hydroxylation is 1. The highest BCUT2D eigenvalue weighted by molar-refractivity contribution is 6.30. The van der Waals surface area contributed by atoms with Crippen molar-refractivity contribution >= 4 is 39.9 Å². The van der Waals surface area contributed by atoms with Crippen LogP contribution < -0.4 is 10.8 Å². The van der Waals surface area contributed by atoms with E-state index in [4.69, 9.17) is 11.6 Å². The molecule has 0 saturated carbocycles. The molecular formula is C16H14ClFN4O2. The van der Waals surface area contributed by atoms with E-state index in [0.29, 0.717) is 16.2 Å². The lowest BCUT2D eigenvalue weighted by Crippen LogP contribution is -2.23. The van der Waals surface area contributed by atoms with Gasteiger partial charge in [0, 0.05) is 10.7 Å². The maximum Gasteiger partial charge on any atom is 0.277 e. The second kappa shape index (κ2) is 6.46. The number of carbonyl (C=O) groups excluding carboxylic acids is 1. The highest BCUT2D eigenvalue weighted by Gasteiger charge is 2.21. The second-order valence-corrected chi connectivity index (χ2v) is 5.57. The quantitative estimate of drug-likeness (QED) is 0.628. The number of rotatable bonds is 4. The molecule has 3 rings (SSSR count). The lowest BCUT2D eigenvalue weighted by atomic mass is 10.1. The molecule has 124 valence electrons. The Bertz CT molecular complexity index is 926. The van der Waals surface area contributed by atoms with Gasteiger partial charge in [-0.15, -0.1) is 0 Å². The van der Waals surface area contributed by atoms with Gasteiger partial charge in [0.15, 0.2) is 5.82 Å². The summed E-state index contributed by atoms with van der Waals surface area (Å²) in [6.45, 7) is 1.83. The molecule has 0 aliphatic heterocycles. The minimum Gasteiger partial charge on any atom is -0.352 e. The van der Waals surface area contributed by atoms with Crippen molar-refractivity contribution in [1.29, 1.82) is 0 Å². The van der Waals surface area contributed by atoms with Crippen molar-refractivity contribution in [2.75, 3.05) is 12.4 Å². The Morgan fingerprint density at radius 2 is 2.17 bits per heavy atom. The van der Waals surface area contributed by atoms with Crippen molar-refractivity contribution in [1.82, 2.24) is 15.4 Å². The summed E-state index contributed by atoms with van der Waals surface area (Å²) in [5, 5.41) is 3.52. The first kappa shape index (κ1) is 16.2. The van der Waals surface area contributed by atoms with Crippen LogP contribution in [0.2, 0.25) is 5.02 Å². The highest BCUT2D eigenvalue weighted by Crippen LogP contribution is 2.31. The largest absolute Gasteiger partial charge is 0.352 e. The molecule has 0 bridgehead atoms. The average Bonchev–Trinajstić information content (AvgIpc) is 3.01. The smallest absolute Gasteiger partial charge is 0.277 e. The summed E-state index contributed by atoms with van der Waals surface area (Å²) >= 11 is 5.94. The van der Waals surface area contributed by atoms with Crippen LogP contribution in [0.1, 0.15) is 15.9 Å². The van der Waals surface area contributed by atoms with Crippen molar-refractivity contribution in [3.63, 3.8) is 0 Å². The summed E-state index contributed by atoms with van der Waals surface area (Å²) in [5.74, 6) is -1.22. The molecule has 0 radical (unpaired) electrons. The Balaban J connectivity index is 2.15. The maximum absolute atomic E-state index is 14.9. The summed E-state index contributed by atoms with van der Waals surface area (Å²) in [6, 6.07) is 6.64. The minimum atomic E-state index is -0.635. The Kier molecular flexibility index (Phi) is 4.37. The molecule has 0 saturated heterocycles. The number of nitrogens with zero attached hydrogens (tertiary/aromatic N) is 1. The van der Waals surface area contributed by atoms with E-state index in [9.17, 15) is 9.18 Å². The van der Waals surface area contributed by atoms with Crippen LogP contribution >= 0.6 is 11.6 Å². The van der Waals surface area contributed by atoms with Gasteiger partial charge in [-0.3, -0.25) is 9.63 Å². The molecule has 2 aromatic carbocycles. The van der Waals surface area contributed by atoms with Gasteiger partial charge in [0.25, 0.3) is 5.91 Å². The fourth-order valence-electron chi connectivity index (χ4n) is 2.39. The lowest BCUT2D eigenvalue weighted by molar-refractivity contribution is 0.0538. The Morgan fingerprint density at radius 3 is 2.88 bits per heavy atom. The van der Waals surface area contributed by atoms with Crippen molar-refractivity contribution in [3.05, 3.63) is 52.6 Å². The van der Waals surface area contributed by atoms with E-state index in [0.717, 1.165) is 5.56 Å². The van der Waals surface area contributed by atoms with Crippen LogP contribution in [0.4, 0.5) is 15.8 Å². The first-order valence-corrected chi connectivity index (χ1v) is 7.41. The number of imidazole rings is 1. The monoisotopic (exact) mass is 348 g/mol. The molecule has 3 aromatic rings. The van der Waals surface area contributed by atoms with Gasteiger partial charge in [0.2, 0.25) is 0 Å². The van der Waals surface area contributed by atoms with E-state index in [1.807, 2.05) is 6.92 Å². The number of aromatic amines is 1. The number of hydrogen-bond donors (Lipinski definition) is 3. The third-order valence-electron chi connectivity index (χ3n) is 3.54. The van der Waals surface area contributed by atoms with Gasteiger partial charge in [-0.25, -0.2) is 14.9 Å². The number of fused-ring (bicyclic) bond motifs is 1. The van der Waals surface area contributed by atoms with E-state index < -0.39 is 11.7 Å². The third-order valence-corrected chi connectivity index (χ3v) is 3.78. The van der Waals surface area contributed by atoms with Gasteiger partial charge >= 0.3 is 0 Å². The number of H-pyrrole nitrogens is 1. The number of benzene rings is 2. The van der Waals surface area contributed by atoms with Gasteiger partial charge < -0.3 is 10.3 Å². The first-order valence-electron chi connectivity index (χ1n) is 7.03. The zero-order valence-electron chi connectivity index (χ0n) is 12.9. The Morgan fingerprint density at radius 1 is 1.38 bits per heavy atom. The van der Waals surface area contributed by atoms with Crippen LogP contribution in [0.3, 0.4) is 0 Å². The van der Waals surface area contributed by atoms with Gasteiger partial charge in [-0.2, -0.15) is 0 Å². The predicted octanol–water partition coefficient (Wildman–Crippen LogP) is 3.70. The topological polar surface area (TPSA) is 79.0 Å². The maximum atomic E-state index is 14.9. The normalized spacial score (nSPS) is 10.8. The van der Waals surface area contributed by atoms with Crippen LogP contribution in [0.15, 0.2) is 30.6 Å². The zero-order chi connectivity index (χ0) is 17.3. The van der Waals surface area contributed by atoms with Gasteiger partial charge in [0.05, 0.1) is 30.2 Å². The summed E-state index contributed by atoms with van der Waals surface area (Å²) in [6.07, 6.45) is 1.36. The van der Waals surface area contributed by atoms with Gasteiger partial charge in [-0.1, -0.05) is 11.6 Å². The fourth-order valence-corrected chi connectivity index (χ4v) is 2.62. The molecule has 24 heavy (non-hydrogen) atoms. The number of aromatic nitrogens is 2. The second-order valence-electron chi connectivity index (χ2n) is 5.13. The van der Waals surface area contributed by atoms with E-state index in [-0.39, 0.29) is 16.8 Å². The predicted molar refractivity (Wildman–Crippen MR) is 90.0 cm³/mol. The van der Waals surface area contributed by atoms with E-state index in [1.165, 1.54) is 19.5 Å². The number of anilines is 2. The first-order chi connectivity index (χ1) is 11.5. The summed E-state index contributed by atoms with van der Waals surface area (Å²) in [5.41, 5.74) is 4.27. The van der Waals surface area contributed by atoms with Crippen LogP contribution in [0.25, 0.3) is 11.0 Å². The van der Waals surface area contributed by atoms with E-state index >= 15 is 0 Å². The molecule has 3 N–H and O–H groups in total. The standard InChI is InChI=1S/C16H14ClFN4O2/c1-8-5-9(17)3-4-11(8)21-14-10(16(23)22-24-2)6-12-15(13(14)18)20-7-19-12/h3-7,21H,1-2H3,(H,19,20)(H,22,23).